The second-order valence-corrected chi connectivity index (χ2v) is 3.52. The van der Waals surface area contributed by atoms with Gasteiger partial charge in [0.1, 0.15) is 5.82 Å². The van der Waals surface area contributed by atoms with Crippen molar-refractivity contribution in [1.29, 1.82) is 0 Å². The van der Waals surface area contributed by atoms with Gasteiger partial charge in [-0.2, -0.15) is 0 Å². The van der Waals surface area contributed by atoms with Crippen LogP contribution in [0.25, 0.3) is 11.1 Å². The minimum Gasteiger partial charge on any atom is -0.504 e. The van der Waals surface area contributed by atoms with Gasteiger partial charge in [0.2, 0.25) is 0 Å². The molecule has 0 saturated carbocycles. The van der Waals surface area contributed by atoms with Crippen LogP contribution in [-0.2, 0) is 0 Å². The van der Waals surface area contributed by atoms with E-state index in [1.54, 1.807) is 0 Å². The van der Waals surface area contributed by atoms with Gasteiger partial charge in [0.15, 0.2) is 17.9 Å². The molecule has 0 atom stereocenters. The van der Waals surface area contributed by atoms with Crippen molar-refractivity contribution in [2.24, 2.45) is 0 Å². The average molecular weight is 234 g/mol. The standard InChI is InChI=1S/C13H8F2O2/c14-11-3-1-8(2-4-11)9-5-10(7-16)13(17)12(15)6-9/h1-7,17H. The van der Waals surface area contributed by atoms with E-state index in [1.807, 2.05) is 0 Å². The van der Waals surface area contributed by atoms with E-state index in [0.717, 1.165) is 6.07 Å². The second-order valence-electron chi connectivity index (χ2n) is 3.52. The van der Waals surface area contributed by atoms with Gasteiger partial charge in [-0.05, 0) is 35.4 Å². The van der Waals surface area contributed by atoms with Gasteiger partial charge in [-0.1, -0.05) is 12.1 Å². The van der Waals surface area contributed by atoms with Crippen molar-refractivity contribution in [3.8, 4) is 16.9 Å². The Bertz CT molecular complexity index is 562. The Hall–Kier alpha value is -2.23. The van der Waals surface area contributed by atoms with Crippen molar-refractivity contribution < 1.29 is 18.7 Å². The maximum Gasteiger partial charge on any atom is 0.166 e. The molecule has 0 unspecified atom stereocenters. The summed E-state index contributed by atoms with van der Waals surface area (Å²) in [5, 5.41) is 9.25. The molecular formula is C13H8F2O2. The van der Waals surface area contributed by atoms with Crippen LogP contribution in [0.1, 0.15) is 10.4 Å². The van der Waals surface area contributed by atoms with Crippen LogP contribution in [-0.4, -0.2) is 11.4 Å². The smallest absolute Gasteiger partial charge is 0.166 e. The Morgan fingerprint density at radius 2 is 1.65 bits per heavy atom. The van der Waals surface area contributed by atoms with Crippen LogP contribution in [0.5, 0.6) is 5.75 Å². The van der Waals surface area contributed by atoms with E-state index in [2.05, 4.69) is 0 Å². The number of carbonyl (C=O) groups excluding carboxylic acids is 1. The van der Waals surface area contributed by atoms with Crippen molar-refractivity contribution in [2.45, 2.75) is 0 Å². The van der Waals surface area contributed by atoms with Crippen molar-refractivity contribution in [1.82, 2.24) is 0 Å². The van der Waals surface area contributed by atoms with E-state index in [9.17, 15) is 18.7 Å². The molecule has 2 rings (SSSR count). The lowest BCUT2D eigenvalue weighted by atomic mass is 10.0. The summed E-state index contributed by atoms with van der Waals surface area (Å²) in [6.45, 7) is 0. The summed E-state index contributed by atoms with van der Waals surface area (Å²) in [5.41, 5.74) is 0.833. The fraction of sp³-hybridized carbons (Fsp3) is 0. The highest BCUT2D eigenvalue weighted by atomic mass is 19.1. The number of phenols is 1. The third-order valence-electron chi connectivity index (χ3n) is 2.40. The molecule has 0 spiro atoms. The highest BCUT2D eigenvalue weighted by Gasteiger charge is 2.10. The van der Waals surface area contributed by atoms with E-state index in [1.165, 1.54) is 30.3 Å². The Morgan fingerprint density at radius 3 is 2.24 bits per heavy atom. The van der Waals surface area contributed by atoms with Crippen LogP contribution in [0.3, 0.4) is 0 Å². The SMILES string of the molecule is O=Cc1cc(-c2ccc(F)cc2)cc(F)c1O. The van der Waals surface area contributed by atoms with Crippen LogP contribution in [0.2, 0.25) is 0 Å². The summed E-state index contributed by atoms with van der Waals surface area (Å²) < 4.78 is 26.0. The van der Waals surface area contributed by atoms with E-state index in [4.69, 9.17) is 0 Å². The molecule has 0 heterocycles. The van der Waals surface area contributed by atoms with Gasteiger partial charge in [-0.3, -0.25) is 4.79 Å². The fourth-order valence-corrected chi connectivity index (χ4v) is 1.52. The van der Waals surface area contributed by atoms with Gasteiger partial charge in [-0.25, -0.2) is 8.78 Å². The third kappa shape index (κ3) is 2.15. The zero-order chi connectivity index (χ0) is 12.4. The molecule has 86 valence electrons. The molecule has 2 nitrogen and oxygen atoms in total. The molecule has 2 aromatic rings. The zero-order valence-electron chi connectivity index (χ0n) is 8.65. The lowest BCUT2D eigenvalue weighted by Crippen LogP contribution is -1.89. The number of phenolic OH excluding ortho intramolecular Hbond substituents is 1. The van der Waals surface area contributed by atoms with Crippen LogP contribution >= 0.6 is 0 Å². The number of hydrogen-bond acceptors (Lipinski definition) is 2. The molecule has 17 heavy (non-hydrogen) atoms. The molecule has 0 aliphatic carbocycles. The van der Waals surface area contributed by atoms with Gasteiger partial charge in [-0.15, -0.1) is 0 Å². The Morgan fingerprint density at radius 1 is 1.00 bits per heavy atom. The summed E-state index contributed by atoms with van der Waals surface area (Å²) in [4.78, 5) is 10.6. The van der Waals surface area contributed by atoms with Gasteiger partial charge in [0.25, 0.3) is 0 Å². The van der Waals surface area contributed by atoms with Gasteiger partial charge in [0.05, 0.1) is 5.56 Å². The van der Waals surface area contributed by atoms with Crippen LogP contribution in [0.15, 0.2) is 36.4 Å². The molecule has 0 amide bonds. The normalized spacial score (nSPS) is 10.2. The third-order valence-corrected chi connectivity index (χ3v) is 2.40. The van der Waals surface area contributed by atoms with Crippen molar-refractivity contribution in [2.75, 3.05) is 0 Å². The molecule has 0 saturated heterocycles. The lowest BCUT2D eigenvalue weighted by Gasteiger charge is -2.05. The number of halogens is 2. The van der Waals surface area contributed by atoms with Gasteiger partial charge < -0.3 is 5.11 Å². The predicted molar refractivity (Wildman–Crippen MR) is 58.8 cm³/mol. The van der Waals surface area contributed by atoms with E-state index < -0.39 is 17.4 Å². The van der Waals surface area contributed by atoms with Crippen LogP contribution in [0, 0.1) is 11.6 Å². The molecule has 0 radical (unpaired) electrons. The molecule has 4 heteroatoms. The molecule has 1 N–H and O–H groups in total. The first-order valence-electron chi connectivity index (χ1n) is 4.85. The first kappa shape index (κ1) is 11.3. The summed E-state index contributed by atoms with van der Waals surface area (Å²) >= 11 is 0. The lowest BCUT2D eigenvalue weighted by molar-refractivity contribution is 0.112. The minimum atomic E-state index is -0.881. The fourth-order valence-electron chi connectivity index (χ4n) is 1.52. The van der Waals surface area contributed by atoms with Crippen LogP contribution < -0.4 is 0 Å². The number of benzene rings is 2. The quantitative estimate of drug-likeness (QED) is 0.810. The van der Waals surface area contributed by atoms with E-state index in [0.29, 0.717) is 17.4 Å². The molecule has 0 aliphatic heterocycles. The number of aromatic hydroxyl groups is 1. The second kappa shape index (κ2) is 4.33. The topological polar surface area (TPSA) is 37.3 Å². The number of hydrogen-bond donors (Lipinski definition) is 1. The first-order valence-corrected chi connectivity index (χ1v) is 4.85. The molecule has 0 aromatic heterocycles. The van der Waals surface area contributed by atoms with E-state index in [-0.39, 0.29) is 5.56 Å². The molecule has 0 aliphatic rings. The minimum absolute atomic E-state index is 0.135. The maximum atomic E-state index is 13.3. The summed E-state index contributed by atoms with van der Waals surface area (Å²) in [6, 6.07) is 7.85. The molecule has 0 bridgehead atoms. The molecular weight excluding hydrogens is 226 g/mol. The van der Waals surface area contributed by atoms with Crippen molar-refractivity contribution in [3.63, 3.8) is 0 Å². The largest absolute Gasteiger partial charge is 0.504 e. The van der Waals surface area contributed by atoms with Crippen molar-refractivity contribution in [3.05, 3.63) is 53.6 Å². The van der Waals surface area contributed by atoms with E-state index >= 15 is 0 Å². The molecule has 0 fully saturated rings. The molecule has 2 aromatic carbocycles. The predicted octanol–water partition coefficient (Wildman–Crippen LogP) is 3.15. The monoisotopic (exact) mass is 234 g/mol. The Kier molecular flexibility index (Phi) is 2.87. The van der Waals surface area contributed by atoms with Gasteiger partial charge >= 0.3 is 0 Å². The van der Waals surface area contributed by atoms with Crippen LogP contribution in [0.4, 0.5) is 8.78 Å². The highest BCUT2D eigenvalue weighted by Crippen LogP contribution is 2.28. The summed E-state index contributed by atoms with van der Waals surface area (Å²) in [5.74, 6) is -1.96. The average Bonchev–Trinajstić information content (AvgIpc) is 2.33. The summed E-state index contributed by atoms with van der Waals surface area (Å²) in [7, 11) is 0. The maximum absolute atomic E-state index is 13.3. The summed E-state index contributed by atoms with van der Waals surface area (Å²) in [6.07, 6.45) is 0.367. The van der Waals surface area contributed by atoms with Crippen molar-refractivity contribution >= 4 is 6.29 Å². The number of carbonyl (C=O) groups is 1. The zero-order valence-corrected chi connectivity index (χ0v) is 8.65. The Labute approximate surface area is 96.1 Å². The number of rotatable bonds is 2. The number of aldehydes is 1. The van der Waals surface area contributed by atoms with Gasteiger partial charge in [0, 0.05) is 0 Å². The first-order chi connectivity index (χ1) is 8.11. The highest BCUT2D eigenvalue weighted by molar-refractivity contribution is 5.83. The Balaban J connectivity index is 2.56.